The quantitative estimate of drug-likeness (QED) is 0.201. The Balaban J connectivity index is 0.000000216. The van der Waals surface area contributed by atoms with Crippen molar-refractivity contribution in [3.05, 3.63) is 126 Å². The second kappa shape index (κ2) is 17.9. The number of fused-ring (bicyclic) bond motifs is 1. The molecule has 5 rings (SSSR count). The van der Waals surface area contributed by atoms with Gasteiger partial charge in [-0.25, -0.2) is 4.98 Å². The number of nitrogens with one attached hydrogen (secondary N) is 2. The lowest BCUT2D eigenvalue weighted by Crippen LogP contribution is -2.08. The van der Waals surface area contributed by atoms with Crippen LogP contribution in [0.25, 0.3) is 10.9 Å². The van der Waals surface area contributed by atoms with E-state index in [1.54, 1.807) is 6.33 Å². The van der Waals surface area contributed by atoms with Crippen molar-refractivity contribution in [3.8, 4) is 0 Å². The molecule has 0 radical (unpaired) electrons. The molecule has 3 nitrogen and oxygen atoms in total. The summed E-state index contributed by atoms with van der Waals surface area (Å²) in [6, 6.07) is 27.9. The Kier molecular flexibility index (Phi) is 15.0. The summed E-state index contributed by atoms with van der Waals surface area (Å²) in [5, 5.41) is 1.36. The molecule has 0 aliphatic carbocycles. The van der Waals surface area contributed by atoms with Crippen molar-refractivity contribution in [2.75, 3.05) is 0 Å². The van der Waals surface area contributed by atoms with Crippen LogP contribution in [0.3, 0.4) is 0 Å². The minimum absolute atomic E-state index is 0.352. The van der Waals surface area contributed by atoms with Crippen molar-refractivity contribution in [2.45, 2.75) is 109 Å². The molecule has 2 N–H and O–H groups in total. The monoisotopic (exact) mass is 622 g/mol. The maximum absolute atomic E-state index is 3.92. The number of hydrogen-bond acceptors (Lipinski definition) is 1. The van der Waals surface area contributed by atoms with Gasteiger partial charge in [-0.15, -0.1) is 0 Å². The Hall–Kier alpha value is -3.59. The summed E-state index contributed by atoms with van der Waals surface area (Å²) in [4.78, 5) is 10.3. The normalized spacial score (nSPS) is 11.6. The predicted octanol–water partition coefficient (Wildman–Crippen LogP) is 12.2. The zero-order valence-electron chi connectivity index (χ0n) is 31.1. The highest BCUT2D eigenvalue weighted by atomic mass is 14.9. The highest BCUT2D eigenvalue weighted by Crippen LogP contribution is 2.26. The molecule has 0 spiro atoms. The molecular formula is C43H63N3. The second-order valence-corrected chi connectivity index (χ2v) is 16.7. The van der Waals surface area contributed by atoms with Crippen molar-refractivity contribution in [2.24, 2.45) is 22.2 Å². The van der Waals surface area contributed by atoms with Gasteiger partial charge in [0.1, 0.15) is 0 Å². The SMILES string of the molecule is CC(C)(C)Cc1c[nH]c2ccccc12.CC(C)(C)Cc1ccccc1.CC(C)Cc1cnc[nH]1.Cc1ccc(CC(C)(C)C)cc1. The van der Waals surface area contributed by atoms with Crippen molar-refractivity contribution >= 4 is 10.9 Å². The highest BCUT2D eigenvalue weighted by Gasteiger charge is 2.14. The second-order valence-electron chi connectivity index (χ2n) is 16.7. The van der Waals surface area contributed by atoms with E-state index in [0.717, 1.165) is 25.7 Å². The predicted molar refractivity (Wildman–Crippen MR) is 203 cm³/mol. The van der Waals surface area contributed by atoms with E-state index in [-0.39, 0.29) is 0 Å². The summed E-state index contributed by atoms with van der Waals surface area (Å²) >= 11 is 0. The molecular weight excluding hydrogens is 558 g/mol. The number of benzene rings is 3. The summed E-state index contributed by atoms with van der Waals surface area (Å²) in [5.74, 6) is 0.713. The lowest BCUT2D eigenvalue weighted by atomic mass is 9.88. The molecule has 2 aromatic heterocycles. The fourth-order valence-electron chi connectivity index (χ4n) is 5.21. The summed E-state index contributed by atoms with van der Waals surface area (Å²) < 4.78 is 0. The van der Waals surface area contributed by atoms with Crippen LogP contribution in [0.1, 0.15) is 104 Å². The molecule has 0 fully saturated rings. The Morgan fingerprint density at radius 1 is 0.609 bits per heavy atom. The molecule has 0 saturated heterocycles. The first-order chi connectivity index (χ1) is 21.4. The lowest BCUT2D eigenvalue weighted by molar-refractivity contribution is 0.411. The molecule has 46 heavy (non-hydrogen) atoms. The fraction of sp³-hybridized carbons (Fsp3) is 0.465. The van der Waals surface area contributed by atoms with Gasteiger partial charge in [0.2, 0.25) is 0 Å². The van der Waals surface area contributed by atoms with E-state index < -0.39 is 0 Å². The lowest BCUT2D eigenvalue weighted by Gasteiger charge is -2.17. The minimum Gasteiger partial charge on any atom is -0.361 e. The minimum atomic E-state index is 0.352. The van der Waals surface area contributed by atoms with E-state index in [9.17, 15) is 0 Å². The van der Waals surface area contributed by atoms with E-state index in [1.807, 2.05) is 6.20 Å². The van der Waals surface area contributed by atoms with Crippen LogP contribution in [0.2, 0.25) is 0 Å². The summed E-state index contributed by atoms with van der Waals surface area (Å²) in [6.45, 7) is 26.9. The van der Waals surface area contributed by atoms with Crippen molar-refractivity contribution in [3.63, 3.8) is 0 Å². The standard InChI is InChI=1S/C13H17N.C12H18.C11H16.C7H12N2/c1-13(2,3)8-10-9-14-12-7-5-4-6-11(10)12;1-10-5-7-11(8-6-10)9-12(2,3)4;1-11(2,3)9-10-7-5-4-6-8-10;1-6(2)3-7-4-8-5-9-7/h4-7,9,14H,8H2,1-3H3;5-8H,9H2,1-4H3;4-8H,9H2,1-3H3;4-6H,3H2,1-2H3,(H,8,9). The number of nitrogens with zero attached hydrogens (tertiary/aromatic N) is 1. The molecule has 0 saturated carbocycles. The topological polar surface area (TPSA) is 44.5 Å². The van der Waals surface area contributed by atoms with E-state index in [2.05, 4.69) is 183 Å². The number of aryl methyl sites for hydroxylation is 1. The fourth-order valence-corrected chi connectivity index (χ4v) is 5.21. The largest absolute Gasteiger partial charge is 0.361 e. The number of aromatic nitrogens is 3. The average Bonchev–Trinajstić information content (AvgIpc) is 3.59. The molecule has 250 valence electrons. The van der Waals surface area contributed by atoms with Gasteiger partial charge in [0, 0.05) is 29.0 Å². The number of aromatic amines is 2. The number of hydrogen-bond donors (Lipinski definition) is 2. The average molecular weight is 622 g/mol. The van der Waals surface area contributed by atoms with Gasteiger partial charge < -0.3 is 9.97 Å². The van der Waals surface area contributed by atoms with Gasteiger partial charge in [-0.05, 0) is 77.5 Å². The number of rotatable bonds is 5. The third-order valence-corrected chi connectivity index (χ3v) is 7.01. The van der Waals surface area contributed by atoms with Crippen LogP contribution < -0.4 is 0 Å². The van der Waals surface area contributed by atoms with Gasteiger partial charge in [-0.3, -0.25) is 0 Å². The van der Waals surface area contributed by atoms with Crippen LogP contribution in [0.5, 0.6) is 0 Å². The summed E-state index contributed by atoms with van der Waals surface area (Å²) in [5.41, 5.74) is 9.26. The molecule has 0 aliphatic heterocycles. The molecule has 5 aromatic rings. The first-order valence-electron chi connectivity index (χ1n) is 17.0. The van der Waals surface area contributed by atoms with Crippen molar-refractivity contribution in [1.82, 2.24) is 15.0 Å². The van der Waals surface area contributed by atoms with Gasteiger partial charge in [0.15, 0.2) is 0 Å². The van der Waals surface area contributed by atoms with Crippen LogP contribution in [0.4, 0.5) is 0 Å². The zero-order valence-corrected chi connectivity index (χ0v) is 31.1. The molecule has 0 unspecified atom stereocenters. The maximum Gasteiger partial charge on any atom is 0.0921 e. The number of H-pyrrole nitrogens is 2. The molecule has 0 amide bonds. The Bertz CT molecular complexity index is 1490. The number of para-hydroxylation sites is 1. The molecule has 2 heterocycles. The van der Waals surface area contributed by atoms with E-state index in [1.165, 1.54) is 38.9 Å². The molecule has 3 heteroatoms. The third-order valence-electron chi connectivity index (χ3n) is 7.01. The van der Waals surface area contributed by atoms with Crippen molar-refractivity contribution < 1.29 is 0 Å². The van der Waals surface area contributed by atoms with Crippen LogP contribution >= 0.6 is 0 Å². The van der Waals surface area contributed by atoms with E-state index >= 15 is 0 Å². The number of imidazole rings is 1. The van der Waals surface area contributed by atoms with Gasteiger partial charge >= 0.3 is 0 Å². The zero-order chi connectivity index (χ0) is 34.4. The molecule has 0 aliphatic rings. The Labute approximate surface area is 281 Å². The maximum atomic E-state index is 3.92. The van der Waals surface area contributed by atoms with Gasteiger partial charge in [-0.2, -0.15) is 0 Å². The van der Waals surface area contributed by atoms with Crippen LogP contribution in [0.15, 0.2) is 97.6 Å². The Morgan fingerprint density at radius 2 is 1.13 bits per heavy atom. The van der Waals surface area contributed by atoms with E-state index in [4.69, 9.17) is 0 Å². The summed E-state index contributed by atoms with van der Waals surface area (Å²) in [7, 11) is 0. The Morgan fingerprint density at radius 3 is 1.63 bits per heavy atom. The van der Waals surface area contributed by atoms with Crippen molar-refractivity contribution in [1.29, 1.82) is 0 Å². The van der Waals surface area contributed by atoms with Gasteiger partial charge in [0.05, 0.1) is 6.33 Å². The molecule has 3 aromatic carbocycles. The molecule has 0 atom stereocenters. The van der Waals surface area contributed by atoms with Gasteiger partial charge in [-0.1, -0.05) is 155 Å². The smallest absolute Gasteiger partial charge is 0.0921 e. The van der Waals surface area contributed by atoms with E-state index in [0.29, 0.717) is 22.2 Å². The van der Waals surface area contributed by atoms with Crippen LogP contribution in [0, 0.1) is 29.1 Å². The summed E-state index contributed by atoms with van der Waals surface area (Å²) in [6.07, 6.45) is 10.3. The van der Waals surface area contributed by atoms with Crippen LogP contribution in [-0.4, -0.2) is 15.0 Å². The highest BCUT2D eigenvalue weighted by molar-refractivity contribution is 5.83. The third kappa shape index (κ3) is 17.2. The van der Waals surface area contributed by atoms with Gasteiger partial charge in [0.25, 0.3) is 0 Å². The molecule has 0 bridgehead atoms. The van der Waals surface area contributed by atoms with Crippen LogP contribution in [-0.2, 0) is 25.7 Å². The first-order valence-corrected chi connectivity index (χ1v) is 17.0. The first kappa shape index (κ1) is 38.6.